The van der Waals surface area contributed by atoms with Crippen molar-refractivity contribution in [1.29, 1.82) is 0 Å². The van der Waals surface area contributed by atoms with Crippen molar-refractivity contribution in [1.82, 2.24) is 4.90 Å². The Bertz CT molecular complexity index is 756. The van der Waals surface area contributed by atoms with Crippen LogP contribution in [0.4, 0.5) is 0 Å². The van der Waals surface area contributed by atoms with Crippen molar-refractivity contribution in [3.8, 4) is 11.5 Å². The molecule has 0 atom stereocenters. The maximum Gasteiger partial charge on any atom is 0.246 e. The zero-order valence-electron chi connectivity index (χ0n) is 13.4. The van der Waals surface area contributed by atoms with Crippen molar-refractivity contribution < 1.29 is 14.3 Å². The van der Waals surface area contributed by atoms with Crippen LogP contribution >= 0.6 is 11.6 Å². The second-order valence-electron chi connectivity index (χ2n) is 5.42. The predicted molar refractivity (Wildman–Crippen MR) is 94.1 cm³/mol. The van der Waals surface area contributed by atoms with Crippen LogP contribution in [-0.4, -0.2) is 24.1 Å². The van der Waals surface area contributed by atoms with Crippen molar-refractivity contribution in [2.75, 3.05) is 13.3 Å². The first-order valence-electron chi connectivity index (χ1n) is 7.77. The van der Waals surface area contributed by atoms with Gasteiger partial charge in [0.1, 0.15) is 0 Å². The van der Waals surface area contributed by atoms with Gasteiger partial charge in [0.05, 0.1) is 0 Å². The van der Waals surface area contributed by atoms with Crippen molar-refractivity contribution >= 4 is 23.6 Å². The van der Waals surface area contributed by atoms with Gasteiger partial charge in [-0.2, -0.15) is 0 Å². The van der Waals surface area contributed by atoms with Crippen LogP contribution in [0.15, 0.2) is 48.5 Å². The van der Waals surface area contributed by atoms with Gasteiger partial charge in [0.2, 0.25) is 12.7 Å². The number of ether oxygens (including phenoxy) is 2. The monoisotopic (exact) mass is 343 g/mol. The van der Waals surface area contributed by atoms with E-state index in [4.69, 9.17) is 21.1 Å². The average molecular weight is 344 g/mol. The largest absolute Gasteiger partial charge is 0.454 e. The van der Waals surface area contributed by atoms with E-state index in [1.807, 2.05) is 37.3 Å². The third-order valence-electron chi connectivity index (χ3n) is 3.79. The number of hydrogen-bond acceptors (Lipinski definition) is 3. The SMILES string of the molecule is CCN(Cc1ccc2c(c1)OCO2)C(=O)/C=C/c1ccc(Cl)cc1. The van der Waals surface area contributed by atoms with E-state index in [0.29, 0.717) is 18.1 Å². The van der Waals surface area contributed by atoms with Crippen LogP contribution in [0, 0.1) is 0 Å². The molecular weight excluding hydrogens is 326 g/mol. The zero-order valence-corrected chi connectivity index (χ0v) is 14.1. The van der Waals surface area contributed by atoms with Gasteiger partial charge in [-0.25, -0.2) is 0 Å². The Morgan fingerprint density at radius 2 is 1.92 bits per heavy atom. The summed E-state index contributed by atoms with van der Waals surface area (Å²) < 4.78 is 10.7. The molecule has 1 aliphatic rings. The molecule has 124 valence electrons. The summed E-state index contributed by atoms with van der Waals surface area (Å²) in [5.74, 6) is 1.44. The van der Waals surface area contributed by atoms with Crippen molar-refractivity contribution in [3.63, 3.8) is 0 Å². The Morgan fingerprint density at radius 1 is 1.17 bits per heavy atom. The van der Waals surface area contributed by atoms with Gasteiger partial charge in [-0.3, -0.25) is 4.79 Å². The highest BCUT2D eigenvalue weighted by atomic mass is 35.5. The van der Waals surface area contributed by atoms with Crippen molar-refractivity contribution in [2.24, 2.45) is 0 Å². The maximum absolute atomic E-state index is 12.4. The smallest absolute Gasteiger partial charge is 0.246 e. The van der Waals surface area contributed by atoms with E-state index in [9.17, 15) is 4.79 Å². The number of fused-ring (bicyclic) bond motifs is 1. The topological polar surface area (TPSA) is 38.8 Å². The van der Waals surface area contributed by atoms with Gasteiger partial charge >= 0.3 is 0 Å². The molecule has 5 heteroatoms. The highest BCUT2D eigenvalue weighted by Gasteiger charge is 2.15. The summed E-state index contributed by atoms with van der Waals surface area (Å²) in [6.45, 7) is 3.36. The summed E-state index contributed by atoms with van der Waals surface area (Å²) in [6, 6.07) is 13.1. The Morgan fingerprint density at radius 3 is 2.67 bits per heavy atom. The van der Waals surface area contributed by atoms with Gasteiger partial charge < -0.3 is 14.4 Å². The lowest BCUT2D eigenvalue weighted by molar-refractivity contribution is -0.126. The summed E-state index contributed by atoms with van der Waals surface area (Å²) in [5, 5.41) is 0.677. The third-order valence-corrected chi connectivity index (χ3v) is 4.04. The predicted octanol–water partition coefficient (Wildman–Crippen LogP) is 4.13. The fourth-order valence-corrected chi connectivity index (χ4v) is 2.58. The number of amides is 1. The number of halogens is 1. The van der Waals surface area contributed by atoms with Gasteiger partial charge in [0.15, 0.2) is 11.5 Å². The van der Waals surface area contributed by atoms with Gasteiger partial charge in [0, 0.05) is 24.2 Å². The van der Waals surface area contributed by atoms with Gasteiger partial charge in [-0.1, -0.05) is 29.8 Å². The normalized spacial score (nSPS) is 12.6. The minimum atomic E-state index is -0.0369. The lowest BCUT2D eigenvalue weighted by atomic mass is 10.1. The van der Waals surface area contributed by atoms with Crippen LogP contribution in [0.5, 0.6) is 11.5 Å². The molecule has 2 aromatic rings. The summed E-state index contributed by atoms with van der Waals surface area (Å²) in [4.78, 5) is 14.2. The molecule has 3 rings (SSSR count). The summed E-state index contributed by atoms with van der Waals surface area (Å²) in [7, 11) is 0. The van der Waals surface area contributed by atoms with Crippen LogP contribution in [0.3, 0.4) is 0 Å². The highest BCUT2D eigenvalue weighted by molar-refractivity contribution is 6.30. The first kappa shape index (κ1) is 16.4. The van der Waals surface area contributed by atoms with E-state index >= 15 is 0 Å². The summed E-state index contributed by atoms with van der Waals surface area (Å²) in [5.41, 5.74) is 1.95. The van der Waals surface area contributed by atoms with E-state index in [2.05, 4.69) is 0 Å². The van der Waals surface area contributed by atoms with E-state index in [1.165, 1.54) is 0 Å². The zero-order chi connectivity index (χ0) is 16.9. The number of nitrogens with zero attached hydrogens (tertiary/aromatic N) is 1. The highest BCUT2D eigenvalue weighted by Crippen LogP contribution is 2.32. The fraction of sp³-hybridized carbons (Fsp3) is 0.211. The molecule has 0 unspecified atom stereocenters. The molecule has 0 aliphatic carbocycles. The number of likely N-dealkylation sites (N-methyl/N-ethyl adjacent to an activating group) is 1. The molecule has 0 bridgehead atoms. The van der Waals surface area contributed by atoms with Crippen LogP contribution in [-0.2, 0) is 11.3 Å². The number of rotatable bonds is 5. The van der Waals surface area contributed by atoms with Crippen LogP contribution in [0.2, 0.25) is 5.02 Å². The maximum atomic E-state index is 12.4. The van der Waals surface area contributed by atoms with E-state index < -0.39 is 0 Å². The standard InChI is InChI=1S/C19H18ClNO3/c1-2-21(12-15-5-9-17-18(11-15)24-13-23-17)19(22)10-6-14-3-7-16(20)8-4-14/h3-11H,2,12-13H2,1H3/b10-6+. The lowest BCUT2D eigenvalue weighted by Crippen LogP contribution is -2.28. The molecule has 24 heavy (non-hydrogen) atoms. The van der Waals surface area contributed by atoms with Crippen molar-refractivity contribution in [2.45, 2.75) is 13.5 Å². The number of carbonyl (C=O) groups is 1. The van der Waals surface area contributed by atoms with Crippen molar-refractivity contribution in [3.05, 3.63) is 64.7 Å². The minimum Gasteiger partial charge on any atom is -0.454 e. The molecule has 0 radical (unpaired) electrons. The van der Waals surface area contributed by atoms with Gasteiger partial charge in [-0.15, -0.1) is 0 Å². The van der Waals surface area contributed by atoms with E-state index in [1.54, 1.807) is 29.2 Å². The molecule has 1 aliphatic heterocycles. The first-order chi connectivity index (χ1) is 11.7. The second-order valence-corrected chi connectivity index (χ2v) is 5.86. The molecule has 2 aromatic carbocycles. The van der Waals surface area contributed by atoms with Crippen LogP contribution < -0.4 is 9.47 Å². The summed E-state index contributed by atoms with van der Waals surface area (Å²) >= 11 is 5.86. The molecule has 1 heterocycles. The van der Waals surface area contributed by atoms with E-state index in [0.717, 1.165) is 22.6 Å². The van der Waals surface area contributed by atoms with Gasteiger partial charge in [0.25, 0.3) is 0 Å². The third kappa shape index (κ3) is 3.89. The molecule has 1 amide bonds. The molecule has 0 saturated heterocycles. The quantitative estimate of drug-likeness (QED) is 0.766. The lowest BCUT2D eigenvalue weighted by Gasteiger charge is -2.19. The molecule has 0 fully saturated rings. The fourth-order valence-electron chi connectivity index (χ4n) is 2.45. The Balaban J connectivity index is 1.66. The Labute approximate surface area is 146 Å². The minimum absolute atomic E-state index is 0.0369. The van der Waals surface area contributed by atoms with E-state index in [-0.39, 0.29) is 12.7 Å². The molecule has 0 aromatic heterocycles. The number of benzene rings is 2. The molecule has 0 saturated carbocycles. The molecular formula is C19H18ClNO3. The van der Waals surface area contributed by atoms with Crippen LogP contribution in [0.1, 0.15) is 18.1 Å². The first-order valence-corrected chi connectivity index (χ1v) is 8.14. The number of hydrogen-bond donors (Lipinski definition) is 0. The second kappa shape index (κ2) is 7.41. The number of carbonyl (C=O) groups excluding carboxylic acids is 1. The van der Waals surface area contributed by atoms with Gasteiger partial charge in [-0.05, 0) is 48.4 Å². The molecule has 0 spiro atoms. The van der Waals surface area contributed by atoms with Crippen LogP contribution in [0.25, 0.3) is 6.08 Å². The average Bonchev–Trinajstić information content (AvgIpc) is 3.06. The molecule has 4 nitrogen and oxygen atoms in total. The summed E-state index contributed by atoms with van der Waals surface area (Å²) in [6.07, 6.45) is 3.38. The molecule has 0 N–H and O–H groups in total. The Kier molecular flexibility index (Phi) is 5.06. The Hall–Kier alpha value is -2.46.